The molecule has 0 aliphatic heterocycles. The van der Waals surface area contributed by atoms with Gasteiger partial charge in [-0.1, -0.05) is 58.2 Å². The molecule has 0 radical (unpaired) electrons. The number of benzene rings is 2. The quantitative estimate of drug-likeness (QED) is 0.779. The molecule has 0 spiro atoms. The molecule has 20 heavy (non-hydrogen) atoms. The SMILES string of the molecule is OC(c1cc(Br)ccc1Cl)c1ccccc1C1CCC1. The number of hydrogen-bond acceptors (Lipinski definition) is 1. The first-order chi connectivity index (χ1) is 9.66. The Hall–Kier alpha value is -0.830. The van der Waals surface area contributed by atoms with Crippen LogP contribution in [0.4, 0.5) is 0 Å². The average molecular weight is 352 g/mol. The fourth-order valence-corrected chi connectivity index (χ4v) is 3.34. The maximum Gasteiger partial charge on any atom is 0.106 e. The lowest BCUT2D eigenvalue weighted by atomic mass is 9.77. The minimum Gasteiger partial charge on any atom is -0.384 e. The summed E-state index contributed by atoms with van der Waals surface area (Å²) in [5.74, 6) is 0.590. The number of hydrogen-bond donors (Lipinski definition) is 1. The van der Waals surface area contributed by atoms with Crippen LogP contribution in [0.25, 0.3) is 0 Å². The third kappa shape index (κ3) is 2.65. The highest BCUT2D eigenvalue weighted by molar-refractivity contribution is 9.10. The number of rotatable bonds is 3. The van der Waals surface area contributed by atoms with Gasteiger partial charge < -0.3 is 5.11 Å². The van der Waals surface area contributed by atoms with Gasteiger partial charge in [-0.3, -0.25) is 0 Å². The van der Waals surface area contributed by atoms with Crippen LogP contribution in [0, 0.1) is 0 Å². The Kier molecular flexibility index (Phi) is 4.16. The van der Waals surface area contributed by atoms with Crippen molar-refractivity contribution in [3.05, 3.63) is 68.7 Å². The summed E-state index contributed by atoms with van der Waals surface area (Å²) in [5, 5.41) is 11.3. The van der Waals surface area contributed by atoms with Gasteiger partial charge in [0.2, 0.25) is 0 Å². The maximum atomic E-state index is 10.7. The van der Waals surface area contributed by atoms with Crippen molar-refractivity contribution in [1.82, 2.24) is 0 Å². The molecule has 0 heterocycles. The fourth-order valence-electron chi connectivity index (χ4n) is 2.74. The monoisotopic (exact) mass is 350 g/mol. The van der Waals surface area contributed by atoms with Crippen LogP contribution >= 0.6 is 27.5 Å². The Balaban J connectivity index is 2.01. The molecule has 1 N–H and O–H groups in total. The van der Waals surface area contributed by atoms with E-state index in [4.69, 9.17) is 11.6 Å². The highest BCUT2D eigenvalue weighted by Gasteiger charge is 2.25. The van der Waals surface area contributed by atoms with Gasteiger partial charge in [-0.15, -0.1) is 0 Å². The molecule has 1 aliphatic carbocycles. The van der Waals surface area contributed by atoms with Gasteiger partial charge in [0.1, 0.15) is 6.10 Å². The van der Waals surface area contributed by atoms with Crippen LogP contribution in [0.1, 0.15) is 48.0 Å². The summed E-state index contributed by atoms with van der Waals surface area (Å²) in [7, 11) is 0. The molecule has 1 nitrogen and oxygen atoms in total. The van der Waals surface area contributed by atoms with E-state index in [9.17, 15) is 5.11 Å². The number of aliphatic hydroxyl groups excluding tert-OH is 1. The maximum absolute atomic E-state index is 10.7. The molecule has 1 saturated carbocycles. The van der Waals surface area contributed by atoms with Crippen LogP contribution in [-0.4, -0.2) is 5.11 Å². The molecular weight excluding hydrogens is 336 g/mol. The summed E-state index contributed by atoms with van der Waals surface area (Å²) in [6.07, 6.45) is 3.05. The predicted molar refractivity (Wildman–Crippen MR) is 86.2 cm³/mol. The van der Waals surface area contributed by atoms with Crippen molar-refractivity contribution in [3.63, 3.8) is 0 Å². The first-order valence-corrected chi connectivity index (χ1v) is 8.06. The molecule has 3 rings (SSSR count). The largest absolute Gasteiger partial charge is 0.384 e. The summed E-state index contributed by atoms with van der Waals surface area (Å²) < 4.78 is 0.928. The second-order valence-corrected chi connectivity index (χ2v) is 6.65. The Morgan fingerprint density at radius 2 is 1.85 bits per heavy atom. The van der Waals surface area contributed by atoms with Gasteiger partial charge in [0.15, 0.2) is 0 Å². The van der Waals surface area contributed by atoms with E-state index in [-0.39, 0.29) is 0 Å². The van der Waals surface area contributed by atoms with E-state index in [1.165, 1.54) is 24.8 Å². The van der Waals surface area contributed by atoms with Gasteiger partial charge in [0.05, 0.1) is 0 Å². The summed E-state index contributed by atoms with van der Waals surface area (Å²) in [5.41, 5.74) is 3.01. The van der Waals surface area contributed by atoms with Crippen LogP contribution in [0.3, 0.4) is 0 Å². The van der Waals surface area contributed by atoms with Crippen molar-refractivity contribution < 1.29 is 5.11 Å². The van der Waals surface area contributed by atoms with Crippen LogP contribution in [0.15, 0.2) is 46.9 Å². The minimum absolute atomic E-state index is 0.590. The molecule has 1 atom stereocenters. The van der Waals surface area contributed by atoms with Crippen molar-refractivity contribution >= 4 is 27.5 Å². The van der Waals surface area contributed by atoms with Gasteiger partial charge in [-0.05, 0) is 48.1 Å². The second kappa shape index (κ2) is 5.88. The molecule has 1 aliphatic rings. The molecule has 1 fully saturated rings. The van der Waals surface area contributed by atoms with Crippen molar-refractivity contribution in [2.24, 2.45) is 0 Å². The normalized spacial score (nSPS) is 16.8. The van der Waals surface area contributed by atoms with Crippen molar-refractivity contribution in [1.29, 1.82) is 0 Å². The molecule has 0 aromatic heterocycles. The zero-order chi connectivity index (χ0) is 14.1. The Bertz CT molecular complexity index is 622. The first-order valence-electron chi connectivity index (χ1n) is 6.88. The van der Waals surface area contributed by atoms with E-state index >= 15 is 0 Å². The Labute approximate surface area is 132 Å². The first kappa shape index (κ1) is 14.1. The molecule has 0 amide bonds. The minimum atomic E-state index is -0.670. The highest BCUT2D eigenvalue weighted by atomic mass is 79.9. The highest BCUT2D eigenvalue weighted by Crippen LogP contribution is 2.41. The fraction of sp³-hybridized carbons (Fsp3) is 0.294. The Morgan fingerprint density at radius 3 is 2.55 bits per heavy atom. The average Bonchev–Trinajstić information content (AvgIpc) is 2.39. The summed E-state index contributed by atoms with van der Waals surface area (Å²) >= 11 is 9.68. The van der Waals surface area contributed by atoms with E-state index in [1.807, 2.05) is 36.4 Å². The molecule has 2 aromatic carbocycles. The lowest BCUT2D eigenvalue weighted by molar-refractivity contribution is 0.217. The Morgan fingerprint density at radius 1 is 1.10 bits per heavy atom. The van der Waals surface area contributed by atoms with Crippen LogP contribution in [0.2, 0.25) is 5.02 Å². The topological polar surface area (TPSA) is 20.2 Å². The van der Waals surface area contributed by atoms with E-state index in [1.54, 1.807) is 0 Å². The molecule has 3 heteroatoms. The van der Waals surface area contributed by atoms with E-state index in [2.05, 4.69) is 22.0 Å². The van der Waals surface area contributed by atoms with Gasteiger partial charge in [0, 0.05) is 15.1 Å². The molecule has 2 aromatic rings. The summed E-state index contributed by atoms with van der Waals surface area (Å²) in [6, 6.07) is 13.8. The second-order valence-electron chi connectivity index (χ2n) is 5.33. The van der Waals surface area contributed by atoms with E-state index in [0.29, 0.717) is 10.9 Å². The zero-order valence-electron chi connectivity index (χ0n) is 11.0. The van der Waals surface area contributed by atoms with Gasteiger partial charge >= 0.3 is 0 Å². The molecule has 0 saturated heterocycles. The molecule has 1 unspecified atom stereocenters. The lowest BCUT2D eigenvalue weighted by Crippen LogP contribution is -2.13. The van der Waals surface area contributed by atoms with Crippen molar-refractivity contribution in [2.75, 3.05) is 0 Å². The van der Waals surface area contributed by atoms with Crippen LogP contribution < -0.4 is 0 Å². The smallest absolute Gasteiger partial charge is 0.106 e. The summed E-state index contributed by atoms with van der Waals surface area (Å²) in [4.78, 5) is 0. The van der Waals surface area contributed by atoms with E-state index < -0.39 is 6.10 Å². The lowest BCUT2D eigenvalue weighted by Gasteiger charge is -2.29. The zero-order valence-corrected chi connectivity index (χ0v) is 13.4. The molecular formula is C17H16BrClO. The van der Waals surface area contributed by atoms with Gasteiger partial charge in [-0.2, -0.15) is 0 Å². The third-order valence-corrected chi connectivity index (χ3v) is 4.93. The number of aliphatic hydroxyl groups is 1. The van der Waals surface area contributed by atoms with E-state index in [0.717, 1.165) is 15.6 Å². The predicted octanol–water partition coefficient (Wildman–Crippen LogP) is 5.45. The third-order valence-electron chi connectivity index (χ3n) is 4.09. The standard InChI is InChI=1S/C17H16BrClO/c18-12-8-9-16(19)15(10-12)17(20)14-7-2-1-6-13(14)11-4-3-5-11/h1-2,6-11,17,20H,3-5H2. The van der Waals surface area contributed by atoms with Gasteiger partial charge in [0.25, 0.3) is 0 Å². The molecule has 0 bridgehead atoms. The summed E-state index contributed by atoms with van der Waals surface area (Å²) in [6.45, 7) is 0. The molecule has 104 valence electrons. The van der Waals surface area contributed by atoms with Crippen LogP contribution in [-0.2, 0) is 0 Å². The van der Waals surface area contributed by atoms with Crippen molar-refractivity contribution in [3.8, 4) is 0 Å². The van der Waals surface area contributed by atoms with Crippen molar-refractivity contribution in [2.45, 2.75) is 31.3 Å². The van der Waals surface area contributed by atoms with Gasteiger partial charge in [-0.25, -0.2) is 0 Å². The van der Waals surface area contributed by atoms with Crippen LogP contribution in [0.5, 0.6) is 0 Å². The number of halogens is 2.